The topological polar surface area (TPSA) is 42.9 Å². The van der Waals surface area contributed by atoms with Crippen molar-refractivity contribution in [2.24, 2.45) is 0 Å². The van der Waals surface area contributed by atoms with Crippen LogP contribution in [0.4, 0.5) is 5.69 Å². The van der Waals surface area contributed by atoms with Crippen molar-refractivity contribution in [2.75, 3.05) is 0 Å². The summed E-state index contributed by atoms with van der Waals surface area (Å²) in [6, 6.07) is 63.6. The second kappa shape index (κ2) is 11.8. The van der Waals surface area contributed by atoms with Gasteiger partial charge < -0.3 is 13.7 Å². The maximum absolute atomic E-state index is 10.8. The van der Waals surface area contributed by atoms with Crippen LogP contribution in [0.5, 0.6) is 0 Å². The summed E-state index contributed by atoms with van der Waals surface area (Å²) in [6.07, 6.45) is 0. The van der Waals surface area contributed by atoms with Gasteiger partial charge in [0.1, 0.15) is 6.07 Å². The molecule has 11 rings (SSSR count). The molecule has 5 heteroatoms. The number of rotatable bonds is 4. The van der Waals surface area contributed by atoms with E-state index >= 15 is 0 Å². The van der Waals surface area contributed by atoms with Crippen LogP contribution in [0.25, 0.3) is 98.5 Å². The highest BCUT2D eigenvalue weighted by molar-refractivity contribution is 6.16. The number of fused-ring (bicyclic) bond motifs is 9. The van der Waals surface area contributed by atoms with E-state index in [1.807, 2.05) is 48.5 Å². The van der Waals surface area contributed by atoms with Crippen LogP contribution in [0.1, 0.15) is 5.56 Å². The third kappa shape index (κ3) is 4.33. The average molecular weight is 700 g/mol. The number of hydrogen-bond donors (Lipinski definition) is 0. The molecule has 0 saturated carbocycles. The van der Waals surface area contributed by atoms with Gasteiger partial charge in [-0.3, -0.25) is 0 Å². The minimum Gasteiger partial charge on any atom is -0.309 e. The van der Waals surface area contributed by atoms with Gasteiger partial charge in [0.25, 0.3) is 0 Å². The fourth-order valence-corrected chi connectivity index (χ4v) is 8.86. The van der Waals surface area contributed by atoms with E-state index in [0.717, 1.165) is 61.0 Å². The Morgan fingerprint density at radius 3 is 1.58 bits per heavy atom. The van der Waals surface area contributed by atoms with E-state index in [1.165, 1.54) is 32.6 Å². The molecule has 0 fully saturated rings. The predicted molar refractivity (Wildman–Crippen MR) is 226 cm³/mol. The van der Waals surface area contributed by atoms with E-state index in [2.05, 4.69) is 152 Å². The highest BCUT2D eigenvalue weighted by Crippen LogP contribution is 2.42. The molecule has 55 heavy (non-hydrogen) atoms. The SMILES string of the molecule is [C-]#[N+]c1cccc2c1c1ccccc1n2-c1cccc(-c2ccc(-n3c4ccccc4c4cccc(-n5c6ccccc6c6ccccc65)c43)cc2)c1C#N. The molecule has 0 radical (unpaired) electrons. The van der Waals surface area contributed by atoms with E-state index in [-0.39, 0.29) is 0 Å². The summed E-state index contributed by atoms with van der Waals surface area (Å²) in [6.45, 7) is 7.87. The van der Waals surface area contributed by atoms with E-state index in [9.17, 15) is 5.26 Å². The van der Waals surface area contributed by atoms with Gasteiger partial charge in [-0.05, 0) is 65.5 Å². The maximum atomic E-state index is 10.8. The van der Waals surface area contributed by atoms with Crippen molar-refractivity contribution < 1.29 is 0 Å². The zero-order chi connectivity index (χ0) is 36.6. The number of nitrogens with zero attached hydrogens (tertiary/aromatic N) is 5. The van der Waals surface area contributed by atoms with Crippen LogP contribution in [-0.4, -0.2) is 13.7 Å². The van der Waals surface area contributed by atoms with Crippen molar-refractivity contribution >= 4 is 71.1 Å². The zero-order valence-electron chi connectivity index (χ0n) is 29.5. The van der Waals surface area contributed by atoms with Gasteiger partial charge in [-0.15, -0.1) is 0 Å². The van der Waals surface area contributed by atoms with Crippen LogP contribution in [-0.2, 0) is 0 Å². The Bertz CT molecular complexity index is 3400. The lowest BCUT2D eigenvalue weighted by molar-refractivity contribution is 1.13. The molecule has 5 nitrogen and oxygen atoms in total. The molecule has 3 aromatic heterocycles. The summed E-state index contributed by atoms with van der Waals surface area (Å²) in [7, 11) is 0. The summed E-state index contributed by atoms with van der Waals surface area (Å²) in [5.41, 5.74) is 12.4. The van der Waals surface area contributed by atoms with Gasteiger partial charge in [-0.1, -0.05) is 121 Å². The van der Waals surface area contributed by atoms with Crippen molar-refractivity contribution in [3.63, 3.8) is 0 Å². The lowest BCUT2D eigenvalue weighted by Gasteiger charge is -2.16. The molecular weight excluding hydrogens is 671 g/mol. The molecular formula is C50H29N5. The molecule has 0 aliphatic rings. The van der Waals surface area contributed by atoms with Crippen molar-refractivity contribution in [2.45, 2.75) is 0 Å². The molecule has 8 aromatic carbocycles. The lowest BCUT2D eigenvalue weighted by Crippen LogP contribution is -2.01. The Kier molecular flexibility index (Phi) is 6.61. The second-order valence-electron chi connectivity index (χ2n) is 13.9. The Morgan fingerprint density at radius 1 is 0.436 bits per heavy atom. The average Bonchev–Trinajstić information content (AvgIpc) is 3.89. The van der Waals surface area contributed by atoms with Gasteiger partial charge in [-0.2, -0.15) is 5.26 Å². The molecule has 11 aromatic rings. The molecule has 3 heterocycles. The van der Waals surface area contributed by atoms with E-state index in [1.54, 1.807) is 0 Å². The minimum atomic E-state index is 0.580. The lowest BCUT2D eigenvalue weighted by atomic mass is 9.98. The Labute approximate surface area is 316 Å². The third-order valence-electron chi connectivity index (χ3n) is 11.1. The molecule has 0 unspecified atom stereocenters. The number of benzene rings is 8. The van der Waals surface area contributed by atoms with E-state index in [0.29, 0.717) is 11.3 Å². The van der Waals surface area contributed by atoms with Gasteiger partial charge in [0.15, 0.2) is 5.69 Å². The van der Waals surface area contributed by atoms with Crippen molar-refractivity contribution in [3.8, 4) is 34.3 Å². The molecule has 0 N–H and O–H groups in total. The summed E-state index contributed by atoms with van der Waals surface area (Å²) in [4.78, 5) is 3.85. The largest absolute Gasteiger partial charge is 0.309 e. The van der Waals surface area contributed by atoms with E-state index in [4.69, 9.17) is 6.57 Å². The molecule has 0 aliphatic heterocycles. The fourth-order valence-electron chi connectivity index (χ4n) is 8.86. The normalized spacial score (nSPS) is 11.6. The molecule has 0 aliphatic carbocycles. The first-order valence-corrected chi connectivity index (χ1v) is 18.3. The summed E-state index contributed by atoms with van der Waals surface area (Å²) >= 11 is 0. The Balaban J connectivity index is 1.12. The van der Waals surface area contributed by atoms with Crippen molar-refractivity contribution in [1.82, 2.24) is 13.7 Å². The van der Waals surface area contributed by atoms with Crippen molar-refractivity contribution in [3.05, 3.63) is 193 Å². The Hall–Kier alpha value is -7.86. The first-order valence-electron chi connectivity index (χ1n) is 18.3. The molecule has 0 amide bonds. The zero-order valence-corrected chi connectivity index (χ0v) is 29.5. The number of aromatic nitrogens is 3. The molecule has 0 atom stereocenters. The number of hydrogen-bond acceptors (Lipinski definition) is 1. The van der Waals surface area contributed by atoms with Gasteiger partial charge in [0.2, 0.25) is 0 Å². The third-order valence-corrected chi connectivity index (χ3v) is 11.1. The molecule has 0 saturated heterocycles. The van der Waals surface area contributed by atoms with Gasteiger partial charge >= 0.3 is 0 Å². The monoisotopic (exact) mass is 699 g/mol. The van der Waals surface area contributed by atoms with Crippen LogP contribution < -0.4 is 0 Å². The molecule has 0 spiro atoms. The standard InChI is InChI=1S/C50H29N5/c1-52-41-19-12-25-47-49(41)39-16-5-9-23-45(39)54(47)46-24-10-17-34(40(46)31-51)32-27-29-33(30-28-32)53-42-20-6-4-15-37(42)38-18-11-26-48(50(38)53)55-43-21-7-2-13-35(43)36-14-3-8-22-44(36)55/h2-30H. The highest BCUT2D eigenvalue weighted by atomic mass is 15.1. The van der Waals surface area contributed by atoms with Crippen LogP contribution in [0, 0.1) is 17.9 Å². The summed E-state index contributed by atoms with van der Waals surface area (Å²) < 4.78 is 6.91. The number of nitriles is 1. The minimum absolute atomic E-state index is 0.580. The smallest absolute Gasteiger partial charge is 0.197 e. The van der Waals surface area contributed by atoms with Gasteiger partial charge in [-0.25, -0.2) is 4.85 Å². The van der Waals surface area contributed by atoms with Crippen LogP contribution in [0.2, 0.25) is 0 Å². The van der Waals surface area contributed by atoms with Crippen LogP contribution >= 0.6 is 0 Å². The quantitative estimate of drug-likeness (QED) is 0.169. The summed E-state index contributed by atoms with van der Waals surface area (Å²) in [5.74, 6) is 0. The maximum Gasteiger partial charge on any atom is 0.197 e. The highest BCUT2D eigenvalue weighted by Gasteiger charge is 2.21. The van der Waals surface area contributed by atoms with Crippen molar-refractivity contribution in [1.29, 1.82) is 5.26 Å². The Morgan fingerprint density at radius 2 is 0.927 bits per heavy atom. The van der Waals surface area contributed by atoms with Gasteiger partial charge in [0.05, 0.1) is 51.1 Å². The second-order valence-corrected chi connectivity index (χ2v) is 13.9. The first kappa shape index (κ1) is 30.7. The van der Waals surface area contributed by atoms with Gasteiger partial charge in [0, 0.05) is 43.7 Å². The molecule has 0 bridgehead atoms. The molecule has 254 valence electrons. The predicted octanol–water partition coefficient (Wildman–Crippen LogP) is 13.1. The van der Waals surface area contributed by atoms with E-state index < -0.39 is 0 Å². The van der Waals surface area contributed by atoms with Crippen LogP contribution in [0.15, 0.2) is 176 Å². The summed E-state index contributed by atoms with van der Waals surface area (Å²) in [5, 5.41) is 17.5. The first-order chi connectivity index (χ1) is 27.2. The number of para-hydroxylation sites is 5. The fraction of sp³-hybridized carbons (Fsp3) is 0. The van der Waals surface area contributed by atoms with Crippen LogP contribution in [0.3, 0.4) is 0 Å².